The van der Waals surface area contributed by atoms with Crippen LogP contribution in [0.2, 0.25) is 0 Å². The Morgan fingerprint density at radius 3 is 2.11 bits per heavy atom. The summed E-state index contributed by atoms with van der Waals surface area (Å²) in [4.78, 5) is 39.4. The molecule has 5 rings (SSSR count). The summed E-state index contributed by atoms with van der Waals surface area (Å²) in [6.07, 6.45) is 5.09. The lowest BCUT2D eigenvalue weighted by atomic mass is 9.85. The fourth-order valence-electron chi connectivity index (χ4n) is 4.80. The third-order valence-electron chi connectivity index (χ3n) is 6.15. The van der Waals surface area contributed by atoms with Crippen molar-refractivity contribution in [3.8, 4) is 0 Å². The first-order valence-corrected chi connectivity index (χ1v) is 9.62. The van der Waals surface area contributed by atoms with Crippen LogP contribution in [-0.4, -0.2) is 17.7 Å². The molecule has 1 saturated carbocycles. The second-order valence-corrected chi connectivity index (χ2v) is 7.73. The van der Waals surface area contributed by atoms with Gasteiger partial charge in [0.1, 0.15) is 0 Å². The number of anilines is 1. The SMILES string of the molecule is O=C(NCc1ccccc1)c1ccc(N2C(=O)[C@@H]3[C@@H](C2=O)[C@@H]2C=C[C@@H]3C2)cc1. The normalized spacial score (nSPS) is 27.4. The van der Waals surface area contributed by atoms with Crippen LogP contribution in [0.5, 0.6) is 0 Å². The number of carbonyl (C=O) groups is 3. The summed E-state index contributed by atoms with van der Waals surface area (Å²) >= 11 is 0. The zero-order valence-corrected chi connectivity index (χ0v) is 15.2. The molecule has 1 heterocycles. The summed E-state index contributed by atoms with van der Waals surface area (Å²) in [6.45, 7) is 0.448. The van der Waals surface area contributed by atoms with Crippen molar-refractivity contribution in [2.75, 3.05) is 4.90 Å². The molecule has 4 atom stereocenters. The van der Waals surface area contributed by atoms with Gasteiger partial charge < -0.3 is 5.32 Å². The highest BCUT2D eigenvalue weighted by atomic mass is 16.2. The minimum Gasteiger partial charge on any atom is -0.348 e. The van der Waals surface area contributed by atoms with Crippen LogP contribution in [0.1, 0.15) is 22.3 Å². The van der Waals surface area contributed by atoms with Crippen molar-refractivity contribution < 1.29 is 14.4 Å². The van der Waals surface area contributed by atoms with Crippen molar-refractivity contribution in [1.82, 2.24) is 5.32 Å². The summed E-state index contributed by atoms with van der Waals surface area (Å²) in [5.74, 6) is -0.429. The fraction of sp³-hybridized carbons (Fsp3) is 0.261. The number of nitrogens with zero attached hydrogens (tertiary/aromatic N) is 1. The van der Waals surface area contributed by atoms with Crippen LogP contribution in [0.3, 0.4) is 0 Å². The standard InChI is InChI=1S/C23H20N2O3/c26-21(24-13-14-4-2-1-3-5-14)15-8-10-18(11-9-15)25-22(27)19-16-6-7-17(12-16)20(19)23(25)28/h1-11,16-17,19-20H,12-13H2,(H,24,26)/t16-,17-,19+,20+/m1/s1. The number of amides is 3. The Morgan fingerprint density at radius 1 is 0.893 bits per heavy atom. The Balaban J connectivity index is 1.30. The number of rotatable bonds is 4. The summed E-state index contributed by atoms with van der Waals surface area (Å²) in [7, 11) is 0. The van der Waals surface area contributed by atoms with Crippen molar-refractivity contribution in [2.45, 2.75) is 13.0 Å². The molecule has 2 aliphatic carbocycles. The molecule has 3 amide bonds. The van der Waals surface area contributed by atoms with Crippen LogP contribution in [0.25, 0.3) is 0 Å². The minimum atomic E-state index is -0.212. The highest BCUT2D eigenvalue weighted by Gasteiger charge is 2.59. The Bertz CT molecular complexity index is 951. The third kappa shape index (κ3) is 2.58. The number of imide groups is 1. The summed E-state index contributed by atoms with van der Waals surface area (Å²) in [5.41, 5.74) is 2.07. The van der Waals surface area contributed by atoms with E-state index in [0.717, 1.165) is 12.0 Å². The van der Waals surface area contributed by atoms with E-state index in [4.69, 9.17) is 0 Å². The van der Waals surface area contributed by atoms with Gasteiger partial charge in [0.25, 0.3) is 5.91 Å². The third-order valence-corrected chi connectivity index (χ3v) is 6.15. The van der Waals surface area contributed by atoms with Gasteiger partial charge in [-0.15, -0.1) is 0 Å². The molecule has 0 unspecified atom stereocenters. The number of hydrogen-bond donors (Lipinski definition) is 1. The molecule has 0 radical (unpaired) electrons. The number of fused-ring (bicyclic) bond motifs is 5. The van der Waals surface area contributed by atoms with E-state index in [-0.39, 0.29) is 41.4 Å². The maximum absolute atomic E-state index is 12.9. The van der Waals surface area contributed by atoms with Gasteiger partial charge in [0.15, 0.2) is 0 Å². The molecular formula is C23H20N2O3. The highest BCUT2D eigenvalue weighted by Crippen LogP contribution is 2.53. The van der Waals surface area contributed by atoms with Crippen molar-refractivity contribution in [1.29, 1.82) is 0 Å². The van der Waals surface area contributed by atoms with Crippen LogP contribution in [0.15, 0.2) is 66.7 Å². The predicted molar refractivity (Wildman–Crippen MR) is 104 cm³/mol. The fourth-order valence-corrected chi connectivity index (χ4v) is 4.80. The molecule has 1 aliphatic heterocycles. The average molecular weight is 372 g/mol. The largest absolute Gasteiger partial charge is 0.348 e. The number of nitrogens with one attached hydrogen (secondary N) is 1. The zero-order chi connectivity index (χ0) is 19.3. The Hall–Kier alpha value is -3.21. The van der Waals surface area contributed by atoms with E-state index in [9.17, 15) is 14.4 Å². The molecule has 5 nitrogen and oxygen atoms in total. The van der Waals surface area contributed by atoms with E-state index in [1.165, 1.54) is 4.90 Å². The van der Waals surface area contributed by atoms with E-state index in [0.29, 0.717) is 17.8 Å². The lowest BCUT2D eigenvalue weighted by Gasteiger charge is -2.17. The number of carbonyl (C=O) groups excluding carboxylic acids is 3. The number of hydrogen-bond acceptors (Lipinski definition) is 3. The first kappa shape index (κ1) is 16.9. The van der Waals surface area contributed by atoms with Gasteiger partial charge in [-0.3, -0.25) is 19.3 Å². The van der Waals surface area contributed by atoms with Gasteiger partial charge in [0, 0.05) is 12.1 Å². The molecule has 1 saturated heterocycles. The molecule has 2 aromatic rings. The van der Waals surface area contributed by atoms with Crippen LogP contribution in [-0.2, 0) is 16.1 Å². The van der Waals surface area contributed by atoms with Gasteiger partial charge in [-0.25, -0.2) is 0 Å². The molecular weight excluding hydrogens is 352 g/mol. The first-order chi connectivity index (χ1) is 13.6. The van der Waals surface area contributed by atoms with Gasteiger partial charge in [-0.05, 0) is 48.1 Å². The quantitative estimate of drug-likeness (QED) is 0.663. The van der Waals surface area contributed by atoms with Gasteiger partial charge in [0.2, 0.25) is 11.8 Å². The van der Waals surface area contributed by atoms with Gasteiger partial charge in [-0.1, -0.05) is 42.5 Å². The van der Waals surface area contributed by atoms with Crippen LogP contribution < -0.4 is 10.2 Å². The van der Waals surface area contributed by atoms with Gasteiger partial charge in [0.05, 0.1) is 17.5 Å². The Kier molecular flexibility index (Phi) is 3.90. The molecule has 1 N–H and O–H groups in total. The van der Waals surface area contributed by atoms with Crippen LogP contribution in [0.4, 0.5) is 5.69 Å². The molecule has 3 aliphatic rings. The lowest BCUT2D eigenvalue weighted by molar-refractivity contribution is -0.123. The second-order valence-electron chi connectivity index (χ2n) is 7.73. The van der Waals surface area contributed by atoms with E-state index >= 15 is 0 Å². The maximum Gasteiger partial charge on any atom is 0.251 e. The smallest absolute Gasteiger partial charge is 0.251 e. The Labute approximate surface area is 163 Å². The molecule has 2 fully saturated rings. The Morgan fingerprint density at radius 2 is 1.50 bits per heavy atom. The highest BCUT2D eigenvalue weighted by molar-refractivity contribution is 6.22. The predicted octanol–water partition coefficient (Wildman–Crippen LogP) is 2.93. The lowest BCUT2D eigenvalue weighted by Crippen LogP contribution is -2.32. The average Bonchev–Trinajstić information content (AvgIpc) is 3.41. The molecule has 0 aromatic heterocycles. The molecule has 5 heteroatoms. The summed E-state index contributed by atoms with van der Waals surface area (Å²) in [5, 5.41) is 2.88. The van der Waals surface area contributed by atoms with Crippen molar-refractivity contribution in [2.24, 2.45) is 23.7 Å². The van der Waals surface area contributed by atoms with Crippen molar-refractivity contribution >= 4 is 23.4 Å². The van der Waals surface area contributed by atoms with Crippen molar-refractivity contribution in [3.05, 3.63) is 77.9 Å². The zero-order valence-electron chi connectivity index (χ0n) is 15.2. The van der Waals surface area contributed by atoms with Gasteiger partial charge in [-0.2, -0.15) is 0 Å². The molecule has 2 aromatic carbocycles. The minimum absolute atomic E-state index is 0.104. The number of benzene rings is 2. The number of allylic oxidation sites excluding steroid dienone is 2. The van der Waals surface area contributed by atoms with E-state index < -0.39 is 0 Å². The van der Waals surface area contributed by atoms with E-state index in [2.05, 4.69) is 17.5 Å². The van der Waals surface area contributed by atoms with Crippen LogP contribution in [0, 0.1) is 23.7 Å². The molecule has 140 valence electrons. The summed E-state index contributed by atoms with van der Waals surface area (Å²) in [6, 6.07) is 16.4. The monoisotopic (exact) mass is 372 g/mol. The van der Waals surface area contributed by atoms with Gasteiger partial charge >= 0.3 is 0 Å². The molecule has 2 bridgehead atoms. The van der Waals surface area contributed by atoms with Crippen LogP contribution >= 0.6 is 0 Å². The topological polar surface area (TPSA) is 66.5 Å². The maximum atomic E-state index is 12.9. The summed E-state index contributed by atoms with van der Waals surface area (Å²) < 4.78 is 0. The van der Waals surface area contributed by atoms with E-state index in [1.54, 1.807) is 24.3 Å². The molecule has 28 heavy (non-hydrogen) atoms. The van der Waals surface area contributed by atoms with E-state index in [1.807, 2.05) is 30.3 Å². The first-order valence-electron chi connectivity index (χ1n) is 9.62. The van der Waals surface area contributed by atoms with Crippen molar-refractivity contribution in [3.63, 3.8) is 0 Å². The second kappa shape index (κ2) is 6.44. The molecule has 0 spiro atoms.